The average molecular weight is 238 g/mol. The molecule has 0 aliphatic heterocycles. The van der Waals surface area contributed by atoms with Crippen LogP contribution in [0.3, 0.4) is 0 Å². The van der Waals surface area contributed by atoms with E-state index in [1.54, 1.807) is 6.20 Å². The van der Waals surface area contributed by atoms with E-state index in [9.17, 15) is 4.79 Å². The number of aromatic nitrogens is 2. The molecule has 1 aromatic heterocycles. The third-order valence-electron chi connectivity index (χ3n) is 2.65. The van der Waals surface area contributed by atoms with Crippen LogP contribution in [0, 0.1) is 0 Å². The number of hydrogen-bond acceptors (Lipinski definition) is 3. The molecular weight excluding hydrogens is 216 g/mol. The molecule has 0 aromatic carbocycles. The zero-order chi connectivity index (χ0) is 12.8. The Balaban J connectivity index is 2.54. The Labute approximate surface area is 102 Å². The lowest BCUT2D eigenvalue weighted by molar-refractivity contribution is -0.120. The number of primary amides is 1. The van der Waals surface area contributed by atoms with Crippen molar-refractivity contribution in [1.29, 1.82) is 0 Å². The fourth-order valence-corrected chi connectivity index (χ4v) is 1.84. The van der Waals surface area contributed by atoms with Gasteiger partial charge in [-0.25, -0.2) is 4.98 Å². The summed E-state index contributed by atoms with van der Waals surface area (Å²) in [5.41, 5.74) is 5.37. The second-order valence-electron chi connectivity index (χ2n) is 4.46. The van der Waals surface area contributed by atoms with Crippen LogP contribution in [0.15, 0.2) is 12.4 Å². The van der Waals surface area contributed by atoms with Crippen LogP contribution in [0.4, 0.5) is 0 Å². The van der Waals surface area contributed by atoms with Gasteiger partial charge in [0.1, 0.15) is 5.82 Å². The van der Waals surface area contributed by atoms with Crippen LogP contribution >= 0.6 is 0 Å². The molecule has 1 amide bonds. The normalized spacial score (nSPS) is 12.9. The Morgan fingerprint density at radius 3 is 2.82 bits per heavy atom. The number of carbonyl (C=O) groups excluding carboxylic acids is 1. The molecule has 1 aromatic rings. The first kappa shape index (κ1) is 13.7. The van der Waals surface area contributed by atoms with Gasteiger partial charge in [0.25, 0.3) is 0 Å². The molecule has 0 bridgehead atoms. The van der Waals surface area contributed by atoms with Gasteiger partial charge in [-0.15, -0.1) is 0 Å². The van der Waals surface area contributed by atoms with Crippen molar-refractivity contribution in [1.82, 2.24) is 14.9 Å². The van der Waals surface area contributed by atoms with Crippen LogP contribution in [0.2, 0.25) is 0 Å². The molecule has 0 saturated carbocycles. The minimum Gasteiger partial charge on any atom is -0.368 e. The predicted octanol–water partition coefficient (Wildman–Crippen LogP) is 0.687. The van der Waals surface area contributed by atoms with Gasteiger partial charge in [0.2, 0.25) is 5.91 Å². The fraction of sp³-hybridized carbons (Fsp3) is 0.667. The molecule has 1 unspecified atom stereocenters. The van der Waals surface area contributed by atoms with E-state index in [0.29, 0.717) is 6.42 Å². The number of amides is 1. The molecule has 1 heterocycles. The summed E-state index contributed by atoms with van der Waals surface area (Å²) in [6.07, 6.45) is 5.31. The maximum atomic E-state index is 11.3. The molecule has 17 heavy (non-hydrogen) atoms. The van der Waals surface area contributed by atoms with E-state index < -0.39 is 0 Å². The van der Waals surface area contributed by atoms with Crippen LogP contribution in [0.5, 0.6) is 0 Å². The summed E-state index contributed by atoms with van der Waals surface area (Å²) in [5, 5.41) is 3.17. The van der Waals surface area contributed by atoms with Crippen molar-refractivity contribution in [3.63, 3.8) is 0 Å². The lowest BCUT2D eigenvalue weighted by atomic mass is 10.1. The summed E-state index contributed by atoms with van der Waals surface area (Å²) in [7, 11) is 0. The summed E-state index contributed by atoms with van der Waals surface area (Å²) in [4.78, 5) is 15.5. The van der Waals surface area contributed by atoms with Crippen molar-refractivity contribution < 1.29 is 4.79 Å². The zero-order valence-corrected chi connectivity index (χ0v) is 10.8. The van der Waals surface area contributed by atoms with Gasteiger partial charge in [-0.1, -0.05) is 20.8 Å². The van der Waals surface area contributed by atoms with Gasteiger partial charge in [-0.05, 0) is 6.42 Å². The largest absolute Gasteiger partial charge is 0.368 e. The summed E-state index contributed by atoms with van der Waals surface area (Å²) < 4.78 is 2.07. The van der Waals surface area contributed by atoms with Crippen LogP contribution in [0.1, 0.15) is 33.0 Å². The number of hydrogen-bond donors (Lipinski definition) is 2. The minimum absolute atomic E-state index is 0.251. The molecule has 5 nitrogen and oxygen atoms in total. The topological polar surface area (TPSA) is 72.9 Å². The maximum Gasteiger partial charge on any atom is 0.234 e. The quantitative estimate of drug-likeness (QED) is 0.734. The Hall–Kier alpha value is -1.36. The zero-order valence-electron chi connectivity index (χ0n) is 10.8. The van der Waals surface area contributed by atoms with E-state index in [1.807, 2.05) is 20.0 Å². The second kappa shape index (κ2) is 6.39. The summed E-state index contributed by atoms with van der Waals surface area (Å²) in [6.45, 7) is 6.84. The van der Waals surface area contributed by atoms with Gasteiger partial charge in [0.15, 0.2) is 0 Å². The lowest BCUT2D eigenvalue weighted by Crippen LogP contribution is -2.45. The average Bonchev–Trinajstić information content (AvgIpc) is 2.70. The van der Waals surface area contributed by atoms with Crippen molar-refractivity contribution in [2.45, 2.75) is 52.2 Å². The van der Waals surface area contributed by atoms with Crippen LogP contribution < -0.4 is 11.1 Å². The van der Waals surface area contributed by atoms with Crippen molar-refractivity contribution in [2.24, 2.45) is 5.73 Å². The third-order valence-corrected chi connectivity index (χ3v) is 2.65. The van der Waals surface area contributed by atoms with E-state index >= 15 is 0 Å². The van der Waals surface area contributed by atoms with E-state index in [4.69, 9.17) is 5.73 Å². The number of aryl methyl sites for hydroxylation is 2. The fourth-order valence-electron chi connectivity index (χ4n) is 1.84. The highest BCUT2D eigenvalue weighted by Gasteiger charge is 2.16. The molecule has 0 aliphatic carbocycles. The Kier molecular flexibility index (Phi) is 5.15. The maximum absolute atomic E-state index is 11.3. The van der Waals surface area contributed by atoms with Gasteiger partial charge in [-0.3, -0.25) is 4.79 Å². The van der Waals surface area contributed by atoms with E-state index in [-0.39, 0.29) is 18.0 Å². The van der Waals surface area contributed by atoms with Crippen LogP contribution in [0.25, 0.3) is 0 Å². The Bertz CT molecular complexity index is 359. The number of nitrogens with one attached hydrogen (secondary N) is 1. The third kappa shape index (κ3) is 4.19. The molecule has 96 valence electrons. The van der Waals surface area contributed by atoms with Gasteiger partial charge < -0.3 is 15.6 Å². The van der Waals surface area contributed by atoms with Crippen molar-refractivity contribution >= 4 is 5.91 Å². The molecule has 0 spiro atoms. The second-order valence-corrected chi connectivity index (χ2v) is 4.46. The summed E-state index contributed by atoms with van der Waals surface area (Å²) in [6, 6.07) is -0.0250. The van der Waals surface area contributed by atoms with Crippen LogP contribution in [-0.2, 0) is 17.8 Å². The number of imidazole rings is 1. The number of nitrogens with two attached hydrogens (primary N) is 1. The standard InChI is InChI=1S/C12H22N4O/c1-4-11-14-6-8-16(11)7-5-10(12(13)17)15-9(2)3/h6,8-10,15H,4-5,7H2,1-3H3,(H2,13,17). The van der Waals surface area contributed by atoms with E-state index in [2.05, 4.69) is 21.8 Å². The first-order valence-electron chi connectivity index (χ1n) is 6.10. The highest BCUT2D eigenvalue weighted by Crippen LogP contribution is 2.03. The van der Waals surface area contributed by atoms with Crippen molar-refractivity contribution in [3.8, 4) is 0 Å². The highest BCUT2D eigenvalue weighted by molar-refractivity contribution is 5.79. The number of carbonyl (C=O) groups is 1. The Morgan fingerprint density at radius 1 is 1.59 bits per heavy atom. The molecule has 0 saturated heterocycles. The molecular formula is C12H22N4O. The predicted molar refractivity (Wildman–Crippen MR) is 67.5 cm³/mol. The molecule has 0 aliphatic rings. The molecule has 3 N–H and O–H groups in total. The number of nitrogens with zero attached hydrogens (tertiary/aromatic N) is 2. The molecule has 5 heteroatoms. The van der Waals surface area contributed by atoms with Gasteiger partial charge >= 0.3 is 0 Å². The molecule has 0 radical (unpaired) electrons. The molecule has 1 atom stereocenters. The smallest absolute Gasteiger partial charge is 0.234 e. The lowest BCUT2D eigenvalue weighted by Gasteiger charge is -2.18. The number of rotatable bonds is 7. The van der Waals surface area contributed by atoms with Gasteiger partial charge in [-0.2, -0.15) is 0 Å². The summed E-state index contributed by atoms with van der Waals surface area (Å²) >= 11 is 0. The highest BCUT2D eigenvalue weighted by atomic mass is 16.1. The monoisotopic (exact) mass is 238 g/mol. The van der Waals surface area contributed by atoms with E-state index in [1.165, 1.54) is 0 Å². The SMILES string of the molecule is CCc1nccn1CCC(NC(C)C)C(N)=O. The van der Waals surface area contributed by atoms with Gasteiger partial charge in [0.05, 0.1) is 6.04 Å². The minimum atomic E-state index is -0.295. The molecule has 1 rings (SSSR count). The molecule has 0 fully saturated rings. The van der Waals surface area contributed by atoms with Crippen LogP contribution in [-0.4, -0.2) is 27.5 Å². The van der Waals surface area contributed by atoms with Crippen molar-refractivity contribution in [2.75, 3.05) is 0 Å². The summed E-state index contributed by atoms with van der Waals surface area (Å²) in [5.74, 6) is 0.745. The first-order valence-corrected chi connectivity index (χ1v) is 6.10. The first-order chi connectivity index (χ1) is 8.04. The Morgan fingerprint density at radius 2 is 2.29 bits per heavy atom. The van der Waals surface area contributed by atoms with Gasteiger partial charge in [0, 0.05) is 31.4 Å². The van der Waals surface area contributed by atoms with Crippen molar-refractivity contribution in [3.05, 3.63) is 18.2 Å². The van der Waals surface area contributed by atoms with E-state index in [0.717, 1.165) is 18.8 Å².